The average molecular weight is 206 g/mol. The van der Waals surface area contributed by atoms with E-state index in [2.05, 4.69) is 10.3 Å². The van der Waals surface area contributed by atoms with E-state index in [-0.39, 0.29) is 6.10 Å². The van der Waals surface area contributed by atoms with Gasteiger partial charge in [0.05, 0.1) is 9.26 Å². The molecule has 1 aromatic carbocycles. The van der Waals surface area contributed by atoms with Crippen molar-refractivity contribution < 1.29 is 12.2 Å². The second kappa shape index (κ2) is 3.46. The van der Waals surface area contributed by atoms with E-state index in [1.54, 1.807) is 0 Å². The van der Waals surface area contributed by atoms with Gasteiger partial charge in [-0.1, -0.05) is 12.1 Å². The molecule has 0 amide bonds. The number of nitrogens with zero attached hydrogens (tertiary/aromatic N) is 1. The molecule has 3 atom stereocenters. The zero-order valence-electron chi connectivity index (χ0n) is 10.0. The highest BCUT2D eigenvalue weighted by Gasteiger charge is 2.26. The first-order valence-electron chi connectivity index (χ1n) is 5.97. The summed E-state index contributed by atoms with van der Waals surface area (Å²) in [7, 11) is 0. The molecule has 0 fully saturated rings. The van der Waals surface area contributed by atoms with E-state index in [0.717, 1.165) is 0 Å². The second-order valence-electron chi connectivity index (χ2n) is 3.34. The summed E-state index contributed by atoms with van der Waals surface area (Å²) < 4.78 is 26.3. The number of ether oxygens (including phenoxy) is 2. The molecule has 0 saturated carbocycles. The monoisotopic (exact) mass is 206 g/mol. The Kier molecular flexibility index (Phi) is 1.55. The van der Waals surface area contributed by atoms with Crippen LogP contribution in [0, 0.1) is 0 Å². The van der Waals surface area contributed by atoms with Gasteiger partial charge < -0.3 is 14.8 Å². The van der Waals surface area contributed by atoms with Gasteiger partial charge in [0, 0.05) is 6.52 Å². The van der Waals surface area contributed by atoms with Crippen molar-refractivity contribution in [1.82, 2.24) is 5.32 Å². The summed E-state index contributed by atoms with van der Waals surface area (Å²) >= 11 is 0. The molecule has 3 rings (SSSR count). The van der Waals surface area contributed by atoms with Gasteiger partial charge >= 0.3 is 0 Å². The average Bonchev–Trinajstić information content (AvgIpc) is 2.69. The van der Waals surface area contributed by atoms with Crippen LogP contribution >= 0.6 is 0 Å². The molecule has 0 saturated heterocycles. The summed E-state index contributed by atoms with van der Waals surface area (Å²) in [5.74, 6) is 1.91. The predicted octanol–water partition coefficient (Wildman–Crippen LogP) is 0.828. The highest BCUT2D eigenvalue weighted by molar-refractivity contribution is 5.88. The summed E-state index contributed by atoms with van der Waals surface area (Å²) in [4.78, 5) is 4.05. The van der Waals surface area contributed by atoms with Crippen molar-refractivity contribution in [2.75, 3.05) is 19.6 Å². The van der Waals surface area contributed by atoms with Gasteiger partial charge in [0.15, 0.2) is 17.6 Å². The second-order valence-corrected chi connectivity index (χ2v) is 3.34. The zero-order valence-corrected chi connectivity index (χ0v) is 8.01. The van der Waals surface area contributed by atoms with Gasteiger partial charge in [0.25, 0.3) is 0 Å². The lowest BCUT2D eigenvalue weighted by Crippen LogP contribution is -2.42. The normalized spacial score (nSPS) is 34.9. The molecule has 2 aliphatic heterocycles. The Labute approximate surface area is 90.7 Å². The molecule has 4 nitrogen and oxygen atoms in total. The van der Waals surface area contributed by atoms with Crippen molar-refractivity contribution in [3.8, 4) is 11.5 Å². The van der Waals surface area contributed by atoms with E-state index in [1.807, 2.05) is 24.3 Å². The molecular formula is C11H12N2O2. The fourth-order valence-electron chi connectivity index (χ4n) is 1.61. The zero-order chi connectivity index (χ0) is 11.8. The van der Waals surface area contributed by atoms with Crippen LogP contribution in [0.5, 0.6) is 11.5 Å². The summed E-state index contributed by atoms with van der Waals surface area (Å²) in [6.07, 6.45) is -0.354. The highest BCUT2D eigenvalue weighted by atomic mass is 16.6. The summed E-state index contributed by atoms with van der Waals surface area (Å²) in [6, 6.07) is 7.42. The van der Waals surface area contributed by atoms with Gasteiger partial charge in [-0.25, -0.2) is 0 Å². The van der Waals surface area contributed by atoms with Crippen molar-refractivity contribution in [2.24, 2.45) is 4.99 Å². The molecule has 2 heterocycles. The largest absolute Gasteiger partial charge is 0.485 e. The number of para-hydroxylation sites is 2. The van der Waals surface area contributed by atoms with E-state index in [0.29, 0.717) is 23.9 Å². The molecule has 0 spiro atoms. The van der Waals surface area contributed by atoms with Crippen LogP contribution in [0.25, 0.3) is 0 Å². The van der Waals surface area contributed by atoms with Gasteiger partial charge in [0.1, 0.15) is 12.4 Å². The SMILES string of the molecule is [2H][C@@H]1N=C(C2COc3ccccc3O2)N[C@@H]1[2H]. The van der Waals surface area contributed by atoms with E-state index < -0.39 is 13.0 Å². The fourth-order valence-corrected chi connectivity index (χ4v) is 1.61. The van der Waals surface area contributed by atoms with Crippen molar-refractivity contribution in [3.63, 3.8) is 0 Å². The Morgan fingerprint density at radius 1 is 1.40 bits per heavy atom. The topological polar surface area (TPSA) is 42.9 Å². The minimum atomic E-state index is -0.786. The van der Waals surface area contributed by atoms with E-state index in [4.69, 9.17) is 12.2 Å². The number of hydrogen-bond donors (Lipinski definition) is 1. The number of benzene rings is 1. The predicted molar refractivity (Wildman–Crippen MR) is 56.7 cm³/mol. The Bertz CT molecular complexity index is 467. The Hall–Kier alpha value is -1.71. The molecule has 0 bridgehead atoms. The number of nitrogens with one attached hydrogen (secondary N) is 1. The van der Waals surface area contributed by atoms with Crippen LogP contribution in [0.3, 0.4) is 0 Å². The molecule has 1 unspecified atom stereocenters. The summed E-state index contributed by atoms with van der Waals surface area (Å²) in [5.41, 5.74) is 0. The number of hydrogen-bond acceptors (Lipinski definition) is 4. The Morgan fingerprint density at radius 2 is 2.27 bits per heavy atom. The van der Waals surface area contributed by atoms with E-state index >= 15 is 0 Å². The van der Waals surface area contributed by atoms with Crippen LogP contribution in [0.2, 0.25) is 0 Å². The number of aliphatic imine (C=N–C) groups is 1. The third-order valence-corrected chi connectivity index (χ3v) is 2.33. The maximum absolute atomic E-state index is 7.52. The molecular weight excluding hydrogens is 192 g/mol. The maximum Gasteiger partial charge on any atom is 0.189 e. The molecule has 2 aliphatic rings. The third kappa shape index (κ3) is 1.52. The van der Waals surface area contributed by atoms with Crippen molar-refractivity contribution >= 4 is 5.84 Å². The first-order valence-corrected chi connectivity index (χ1v) is 4.81. The van der Waals surface area contributed by atoms with Gasteiger partial charge in [-0.05, 0) is 12.1 Å². The van der Waals surface area contributed by atoms with Crippen molar-refractivity contribution in [2.45, 2.75) is 6.10 Å². The van der Waals surface area contributed by atoms with Gasteiger partial charge in [0.2, 0.25) is 0 Å². The van der Waals surface area contributed by atoms with E-state index in [1.165, 1.54) is 0 Å². The minimum Gasteiger partial charge on any atom is -0.485 e. The summed E-state index contributed by atoms with van der Waals surface area (Å²) in [5, 5.41) is 2.83. The van der Waals surface area contributed by atoms with Crippen LogP contribution in [-0.2, 0) is 0 Å². The van der Waals surface area contributed by atoms with Crippen LogP contribution < -0.4 is 14.8 Å². The first-order chi connectivity index (χ1) is 8.24. The lowest BCUT2D eigenvalue weighted by atomic mass is 10.2. The Balaban J connectivity index is 1.79. The number of rotatable bonds is 1. The number of amidine groups is 1. The summed E-state index contributed by atoms with van der Waals surface area (Å²) in [6.45, 7) is -1.15. The maximum atomic E-state index is 7.52. The first kappa shape index (κ1) is 6.71. The quantitative estimate of drug-likeness (QED) is 0.740. The van der Waals surface area contributed by atoms with E-state index in [9.17, 15) is 0 Å². The van der Waals surface area contributed by atoms with Crippen LogP contribution in [-0.4, -0.2) is 31.6 Å². The molecule has 0 radical (unpaired) electrons. The third-order valence-electron chi connectivity index (χ3n) is 2.33. The van der Waals surface area contributed by atoms with Crippen molar-refractivity contribution in [1.29, 1.82) is 0 Å². The molecule has 4 heteroatoms. The van der Waals surface area contributed by atoms with Crippen molar-refractivity contribution in [3.05, 3.63) is 24.3 Å². The standard InChI is InChI=1S/C11H12N2O2/c1-2-4-9-8(3-1)14-7-10(15-9)11-12-5-6-13-11/h1-4,10H,5-7H2,(H,12,13)/i5D,6D/t5-,6+,10?. The minimum absolute atomic E-state index is 0.349. The van der Waals surface area contributed by atoms with Gasteiger partial charge in [-0.15, -0.1) is 0 Å². The molecule has 1 N–H and O–H groups in total. The lowest BCUT2D eigenvalue weighted by Gasteiger charge is -2.26. The molecule has 0 aliphatic carbocycles. The number of fused-ring (bicyclic) bond motifs is 1. The van der Waals surface area contributed by atoms with Gasteiger partial charge in [-0.3, -0.25) is 4.99 Å². The molecule has 0 aromatic heterocycles. The molecule has 1 aromatic rings. The molecule has 78 valence electrons. The van der Waals surface area contributed by atoms with Crippen LogP contribution in [0.4, 0.5) is 0 Å². The van der Waals surface area contributed by atoms with Crippen LogP contribution in [0.15, 0.2) is 29.3 Å². The highest BCUT2D eigenvalue weighted by Crippen LogP contribution is 2.31. The molecule has 15 heavy (non-hydrogen) atoms. The van der Waals surface area contributed by atoms with Crippen LogP contribution in [0.1, 0.15) is 2.74 Å². The Morgan fingerprint density at radius 3 is 3.07 bits per heavy atom. The smallest absolute Gasteiger partial charge is 0.189 e. The van der Waals surface area contributed by atoms with Gasteiger partial charge in [-0.2, -0.15) is 0 Å². The fraction of sp³-hybridized carbons (Fsp3) is 0.364. The lowest BCUT2D eigenvalue weighted by molar-refractivity contribution is 0.133.